The van der Waals surface area contributed by atoms with E-state index in [0.717, 1.165) is 39.2 Å². The molecular weight excluding hydrogens is 1220 g/mol. The van der Waals surface area contributed by atoms with Crippen LogP contribution in [0.15, 0.2) is 84.9 Å². The van der Waals surface area contributed by atoms with Crippen molar-refractivity contribution >= 4 is 78.8 Å². The van der Waals surface area contributed by atoms with Gasteiger partial charge in [-0.1, -0.05) is 42.2 Å². The van der Waals surface area contributed by atoms with E-state index in [1.807, 2.05) is 81.4 Å². The molecule has 0 aliphatic heterocycles. The fourth-order valence-electron chi connectivity index (χ4n) is 8.34. The summed E-state index contributed by atoms with van der Waals surface area (Å²) in [7, 11) is -9.88. The zero-order valence-electron chi connectivity index (χ0n) is 49.3. The van der Waals surface area contributed by atoms with Gasteiger partial charge in [-0.25, -0.2) is 24.5 Å². The molecule has 0 fully saturated rings. The van der Waals surface area contributed by atoms with E-state index >= 15 is 0 Å². The highest BCUT2D eigenvalue weighted by Gasteiger charge is 2.26. The van der Waals surface area contributed by atoms with Crippen molar-refractivity contribution in [3.63, 3.8) is 0 Å². The average molecular weight is 1300 g/mol. The number of carbonyl (C=O) groups is 2. The number of pyridine rings is 3. The van der Waals surface area contributed by atoms with Crippen molar-refractivity contribution in [2.24, 2.45) is 0 Å². The van der Waals surface area contributed by atoms with Crippen LogP contribution >= 0.6 is 44.7 Å². The van der Waals surface area contributed by atoms with Crippen molar-refractivity contribution in [1.29, 1.82) is 0 Å². The molecule has 5 rings (SSSR count). The van der Waals surface area contributed by atoms with Crippen LogP contribution in [0.5, 0.6) is 5.75 Å². The second-order valence-corrected chi connectivity index (χ2v) is 28.7. The molecule has 0 saturated heterocycles. The molecule has 5 aromatic rings. The number of esters is 1. The van der Waals surface area contributed by atoms with Crippen LogP contribution in [0.3, 0.4) is 0 Å². The summed E-state index contributed by atoms with van der Waals surface area (Å²) in [4.78, 5) is 44.3. The number of amides is 1. The number of nitrogens with zero attached hydrogens (tertiary/aromatic N) is 5. The van der Waals surface area contributed by atoms with E-state index in [1.54, 1.807) is 52.3 Å². The lowest BCUT2D eigenvalue weighted by atomic mass is 10.1. The lowest BCUT2D eigenvalue weighted by molar-refractivity contribution is 0.0470. The molecule has 3 heterocycles. The largest absolute Gasteiger partial charge is 0.491 e. The molecule has 1 amide bonds. The molecule has 0 radical (unpaired) electrons. The van der Waals surface area contributed by atoms with Gasteiger partial charge in [0.05, 0.1) is 54.8 Å². The van der Waals surface area contributed by atoms with Gasteiger partial charge in [-0.3, -0.25) is 18.6 Å². The van der Waals surface area contributed by atoms with Gasteiger partial charge in [-0.05, 0) is 145 Å². The number of alkyl carbamates (subject to hydrolysis) is 1. The van der Waals surface area contributed by atoms with Crippen LogP contribution in [0.2, 0.25) is 0 Å². The summed E-state index contributed by atoms with van der Waals surface area (Å²) in [5.74, 6) is 6.79. The maximum atomic E-state index is 14.1. The van der Waals surface area contributed by atoms with Crippen LogP contribution in [-0.4, -0.2) is 130 Å². The van der Waals surface area contributed by atoms with Gasteiger partial charge in [0, 0.05) is 100 Å². The number of ether oxygens (including phenoxy) is 3. The molecule has 0 bridgehead atoms. The zero-order valence-corrected chi connectivity index (χ0v) is 54.2. The van der Waals surface area contributed by atoms with Crippen LogP contribution in [0.25, 0.3) is 0 Å². The van der Waals surface area contributed by atoms with E-state index in [9.17, 15) is 23.3 Å². The smallest absolute Gasteiger partial charge is 0.407 e. The van der Waals surface area contributed by atoms with E-state index in [2.05, 4.69) is 74.0 Å². The average Bonchev–Trinajstić information content (AvgIpc) is 3.45. The zero-order chi connectivity index (χ0) is 59.9. The molecule has 0 aliphatic rings. The number of nitrogens with one attached hydrogen (secondary N) is 3. The van der Waals surface area contributed by atoms with Crippen molar-refractivity contribution in [1.82, 2.24) is 35.8 Å². The van der Waals surface area contributed by atoms with Crippen molar-refractivity contribution in [3.8, 4) is 17.6 Å². The summed E-state index contributed by atoms with van der Waals surface area (Å²) in [5.41, 5.74) is 5.39. The first-order chi connectivity index (χ1) is 39.0. The van der Waals surface area contributed by atoms with Gasteiger partial charge in [-0.2, -0.15) is 0 Å². The van der Waals surface area contributed by atoms with Crippen molar-refractivity contribution in [2.45, 2.75) is 93.7 Å². The Bertz CT molecular complexity index is 3120. The van der Waals surface area contributed by atoms with Crippen molar-refractivity contribution < 1.29 is 51.1 Å². The van der Waals surface area contributed by atoms with Gasteiger partial charge in [-0.15, -0.1) is 0 Å². The maximum absolute atomic E-state index is 14.1. The molecule has 23 heteroatoms. The van der Waals surface area contributed by atoms with Crippen molar-refractivity contribution in [2.75, 3.05) is 97.1 Å². The van der Waals surface area contributed by atoms with Crippen LogP contribution in [-0.2, 0) is 63.0 Å². The minimum Gasteiger partial charge on any atom is -0.491 e. The SMILES string of the molecule is CCOP(C)(=O)c1cc(I)cc(CNCCN(CCNCc2cc(C(=O)OCc3ccccc3)cc(P(C)(=O)OCC)n2)Cc2cc(C#Cc3ccc(OCCCNC(=O)OC(C)(C)C)c(N(CC)CC)c3)cc(P(C)(=O)OCC)n2)n1. The molecule has 3 aromatic heterocycles. The fraction of sp³-hybridized carbons (Fsp3) is 0.475. The highest BCUT2D eigenvalue weighted by atomic mass is 127. The summed E-state index contributed by atoms with van der Waals surface area (Å²) in [5, 5.41) is 9.75. The molecule has 3 atom stereocenters. The predicted octanol–water partition coefficient (Wildman–Crippen LogP) is 9.46. The summed E-state index contributed by atoms with van der Waals surface area (Å²) >= 11 is 2.20. The first-order valence-corrected chi connectivity index (χ1v) is 35.0. The molecule has 3 unspecified atom stereocenters. The van der Waals surface area contributed by atoms with E-state index in [0.29, 0.717) is 99.0 Å². The third-order valence-corrected chi connectivity index (χ3v) is 18.3. The number of hydrogen-bond acceptors (Lipinski definition) is 18. The van der Waals surface area contributed by atoms with Gasteiger partial charge in [0.1, 0.15) is 34.3 Å². The molecule has 0 aliphatic carbocycles. The van der Waals surface area contributed by atoms with Gasteiger partial charge < -0.3 is 48.6 Å². The van der Waals surface area contributed by atoms with Gasteiger partial charge >= 0.3 is 12.1 Å². The Hall–Kier alpha value is -5.03. The third-order valence-electron chi connectivity index (χ3n) is 12.3. The second-order valence-electron chi connectivity index (χ2n) is 20.3. The lowest BCUT2D eigenvalue weighted by Gasteiger charge is -2.24. The first-order valence-electron chi connectivity index (χ1n) is 27.7. The maximum Gasteiger partial charge on any atom is 0.407 e. The molecular formula is C59H82IN8O11P3. The molecule has 3 N–H and O–H groups in total. The fourth-order valence-corrected chi connectivity index (χ4v) is 13.2. The molecule has 446 valence electrons. The Kier molecular flexibility index (Phi) is 27.2. The van der Waals surface area contributed by atoms with Crippen LogP contribution in [0.1, 0.15) is 106 Å². The summed E-state index contributed by atoms with van der Waals surface area (Å²) in [6.45, 7) is 25.6. The molecule has 82 heavy (non-hydrogen) atoms. The number of anilines is 1. The highest BCUT2D eigenvalue weighted by molar-refractivity contribution is 14.1. The van der Waals surface area contributed by atoms with Crippen LogP contribution in [0, 0.1) is 15.4 Å². The van der Waals surface area contributed by atoms with Crippen molar-refractivity contribution in [3.05, 3.63) is 128 Å². The Morgan fingerprint density at radius 3 is 1.80 bits per heavy atom. The number of halogens is 1. The van der Waals surface area contributed by atoms with Crippen LogP contribution in [0.4, 0.5) is 10.5 Å². The number of carbonyl (C=O) groups excluding carboxylic acids is 2. The van der Waals surface area contributed by atoms with E-state index in [-0.39, 0.29) is 37.4 Å². The Morgan fingerprint density at radius 2 is 1.22 bits per heavy atom. The number of aromatic nitrogens is 3. The van der Waals surface area contributed by atoms with E-state index < -0.39 is 39.8 Å². The van der Waals surface area contributed by atoms with Gasteiger partial charge in [0.25, 0.3) is 0 Å². The quantitative estimate of drug-likeness (QED) is 0.0120. The number of rotatable bonds is 32. The standard InChI is InChI=1S/C59H82IN8O11P3/c1-12-68(13-2)52-34-44(25-26-53(52)74-32-20-27-63-58(70)79-59(6,7)8)23-24-46-33-51(66-54(35-46)80(9,71)76-14-3)42-67(31-29-62-41-50-38-48(60)39-56(65-50)82(11,73)78-16-5)30-28-61-40-49-36-47(37-55(64-49)81(10,72)77-15-4)57(69)75-43-45-21-18-17-19-22-45/h17-19,21-22,25-26,33-39,61-62H,12-16,20,27-32,40-43H2,1-11H3,(H,63,70). The summed E-state index contributed by atoms with van der Waals surface area (Å²) in [6, 6.07) is 25.6. The van der Waals surface area contributed by atoms with E-state index in [4.69, 9.17) is 42.7 Å². The Balaban J connectivity index is 1.41. The first kappa shape index (κ1) is 67.8. The lowest BCUT2D eigenvalue weighted by Crippen LogP contribution is -2.37. The minimum absolute atomic E-state index is 0.0672. The van der Waals surface area contributed by atoms with Gasteiger partial charge in [0.2, 0.25) is 22.1 Å². The summed E-state index contributed by atoms with van der Waals surface area (Å²) < 4.78 is 76.4. The monoisotopic (exact) mass is 1300 g/mol. The Labute approximate surface area is 499 Å². The molecule has 19 nitrogen and oxygen atoms in total. The normalized spacial score (nSPS) is 13.7. The third kappa shape index (κ3) is 22.5. The molecule has 2 aromatic carbocycles. The molecule has 0 saturated carbocycles. The van der Waals surface area contributed by atoms with Gasteiger partial charge in [0.15, 0.2) is 0 Å². The van der Waals surface area contributed by atoms with Crippen LogP contribution < -0.4 is 41.9 Å². The second kappa shape index (κ2) is 32.9. The van der Waals surface area contributed by atoms with E-state index in [1.165, 1.54) is 12.7 Å². The minimum atomic E-state index is -3.39. The number of benzene rings is 2. The molecule has 0 spiro atoms. The number of hydrogen-bond donors (Lipinski definition) is 3. The summed E-state index contributed by atoms with van der Waals surface area (Å²) in [6.07, 6.45) is 0.104. The highest BCUT2D eigenvalue weighted by Crippen LogP contribution is 2.42. The predicted molar refractivity (Wildman–Crippen MR) is 334 cm³/mol. The topological polar surface area (TPSA) is 222 Å². The Morgan fingerprint density at radius 1 is 0.659 bits per heavy atom.